The van der Waals surface area contributed by atoms with Crippen molar-refractivity contribution in [1.29, 1.82) is 0 Å². The highest BCUT2D eigenvalue weighted by Gasteiger charge is 2.32. The largest absolute Gasteiger partial charge is 0.385 e. The Morgan fingerprint density at radius 3 is 2.64 bits per heavy atom. The van der Waals surface area contributed by atoms with E-state index in [1.165, 1.54) is 11.1 Å². The average molecular weight is 188 g/mol. The zero-order chi connectivity index (χ0) is 10.2. The van der Waals surface area contributed by atoms with E-state index in [1.807, 2.05) is 13.0 Å². The van der Waals surface area contributed by atoms with E-state index < -0.39 is 5.60 Å². The number of fused-ring (bicyclic) bond motifs is 1. The van der Waals surface area contributed by atoms with Gasteiger partial charge in [-0.2, -0.15) is 0 Å². The van der Waals surface area contributed by atoms with Gasteiger partial charge in [-0.25, -0.2) is 0 Å². The summed E-state index contributed by atoms with van der Waals surface area (Å²) in [5, 5.41) is 10.3. The Morgan fingerprint density at radius 1 is 1.36 bits per heavy atom. The number of hydrogen-bond acceptors (Lipinski definition) is 1. The van der Waals surface area contributed by atoms with Crippen LogP contribution < -0.4 is 0 Å². The third kappa shape index (κ3) is 1.48. The monoisotopic (exact) mass is 188 g/mol. The summed E-state index contributed by atoms with van der Waals surface area (Å²) in [4.78, 5) is 0. The normalized spacial score (nSPS) is 25.6. The number of aliphatic hydroxyl groups is 1. The van der Waals surface area contributed by atoms with Gasteiger partial charge in [0.1, 0.15) is 0 Å². The van der Waals surface area contributed by atoms with Crippen LogP contribution in [0.25, 0.3) is 0 Å². The Kier molecular flexibility index (Phi) is 2.20. The van der Waals surface area contributed by atoms with Crippen molar-refractivity contribution in [2.45, 2.75) is 31.8 Å². The van der Waals surface area contributed by atoms with E-state index in [2.05, 4.69) is 24.8 Å². The zero-order valence-corrected chi connectivity index (χ0v) is 8.59. The molecule has 0 saturated heterocycles. The van der Waals surface area contributed by atoms with E-state index in [0.717, 1.165) is 24.8 Å². The summed E-state index contributed by atoms with van der Waals surface area (Å²) in [5.41, 5.74) is 2.85. The van der Waals surface area contributed by atoms with Crippen molar-refractivity contribution in [3.05, 3.63) is 47.5 Å². The lowest BCUT2D eigenvalue weighted by atomic mass is 9.77. The molecule has 14 heavy (non-hydrogen) atoms. The second kappa shape index (κ2) is 3.25. The molecule has 0 spiro atoms. The number of benzene rings is 1. The lowest BCUT2D eigenvalue weighted by molar-refractivity contribution is 0.0642. The standard InChI is InChI=1S/C13H16O/c1-10(2)13(14)8-7-11-5-3-4-6-12(11)9-13/h3-6,14H,1,7-9H2,2H3. The first-order valence-corrected chi connectivity index (χ1v) is 5.07. The van der Waals surface area contributed by atoms with Gasteiger partial charge in [-0.3, -0.25) is 0 Å². The maximum absolute atomic E-state index is 10.3. The minimum absolute atomic E-state index is 0.672. The van der Waals surface area contributed by atoms with Crippen LogP contribution >= 0.6 is 0 Å². The first-order valence-electron chi connectivity index (χ1n) is 5.07. The highest BCUT2D eigenvalue weighted by Crippen LogP contribution is 2.32. The van der Waals surface area contributed by atoms with Gasteiger partial charge in [0, 0.05) is 6.42 Å². The summed E-state index contributed by atoms with van der Waals surface area (Å²) in [6, 6.07) is 8.34. The van der Waals surface area contributed by atoms with E-state index >= 15 is 0 Å². The summed E-state index contributed by atoms with van der Waals surface area (Å²) < 4.78 is 0. The van der Waals surface area contributed by atoms with Gasteiger partial charge in [-0.1, -0.05) is 30.8 Å². The second-order valence-electron chi connectivity index (χ2n) is 4.26. The van der Waals surface area contributed by atoms with Gasteiger partial charge in [0.2, 0.25) is 0 Å². The second-order valence-corrected chi connectivity index (χ2v) is 4.26. The molecule has 74 valence electrons. The molecular formula is C13H16O. The number of rotatable bonds is 1. The van der Waals surface area contributed by atoms with E-state index in [-0.39, 0.29) is 0 Å². The Hall–Kier alpha value is -1.08. The van der Waals surface area contributed by atoms with Crippen LogP contribution in [0.15, 0.2) is 36.4 Å². The van der Waals surface area contributed by atoms with Crippen molar-refractivity contribution < 1.29 is 5.11 Å². The van der Waals surface area contributed by atoms with Gasteiger partial charge in [0.15, 0.2) is 0 Å². The first kappa shape index (κ1) is 9.47. The van der Waals surface area contributed by atoms with E-state index in [1.54, 1.807) is 0 Å². The molecule has 1 aromatic carbocycles. The van der Waals surface area contributed by atoms with Crippen molar-refractivity contribution in [1.82, 2.24) is 0 Å². The van der Waals surface area contributed by atoms with E-state index in [9.17, 15) is 5.11 Å². The van der Waals surface area contributed by atoms with Crippen LogP contribution in [0.4, 0.5) is 0 Å². The van der Waals surface area contributed by atoms with Crippen LogP contribution in [0.5, 0.6) is 0 Å². The molecule has 2 rings (SSSR count). The Bertz CT molecular complexity index is 367. The molecule has 0 bridgehead atoms. The summed E-state index contributed by atoms with van der Waals surface area (Å²) >= 11 is 0. The summed E-state index contributed by atoms with van der Waals surface area (Å²) in [7, 11) is 0. The highest BCUT2D eigenvalue weighted by atomic mass is 16.3. The van der Waals surface area contributed by atoms with Crippen molar-refractivity contribution >= 4 is 0 Å². The molecule has 1 heteroatoms. The van der Waals surface area contributed by atoms with E-state index in [0.29, 0.717) is 0 Å². The topological polar surface area (TPSA) is 20.2 Å². The van der Waals surface area contributed by atoms with Crippen LogP contribution in [0.1, 0.15) is 24.5 Å². The summed E-state index contributed by atoms with van der Waals surface area (Å²) in [6.07, 6.45) is 2.48. The fourth-order valence-corrected chi connectivity index (χ4v) is 2.08. The lowest BCUT2D eigenvalue weighted by Crippen LogP contribution is -2.36. The lowest BCUT2D eigenvalue weighted by Gasteiger charge is -2.34. The first-order chi connectivity index (χ1) is 6.62. The molecule has 0 radical (unpaired) electrons. The quantitative estimate of drug-likeness (QED) is 0.671. The fourth-order valence-electron chi connectivity index (χ4n) is 2.08. The molecule has 0 heterocycles. The molecule has 0 aromatic heterocycles. The third-order valence-electron chi connectivity index (χ3n) is 3.20. The van der Waals surface area contributed by atoms with Gasteiger partial charge in [-0.15, -0.1) is 0 Å². The average Bonchev–Trinajstić information content (AvgIpc) is 2.17. The van der Waals surface area contributed by atoms with Crippen LogP contribution in [-0.4, -0.2) is 10.7 Å². The van der Waals surface area contributed by atoms with Gasteiger partial charge in [0.25, 0.3) is 0 Å². The van der Waals surface area contributed by atoms with Crippen LogP contribution in [0, 0.1) is 0 Å². The predicted molar refractivity (Wildman–Crippen MR) is 58.2 cm³/mol. The van der Waals surface area contributed by atoms with Gasteiger partial charge in [0.05, 0.1) is 5.60 Å². The molecule has 0 amide bonds. The highest BCUT2D eigenvalue weighted by molar-refractivity contribution is 5.34. The SMILES string of the molecule is C=C(C)C1(O)CCc2ccccc2C1. The molecule has 1 aliphatic carbocycles. The molecule has 0 saturated carbocycles. The van der Waals surface area contributed by atoms with Crippen LogP contribution in [0.3, 0.4) is 0 Å². The molecular weight excluding hydrogens is 172 g/mol. The minimum atomic E-state index is -0.672. The molecule has 1 nitrogen and oxygen atoms in total. The molecule has 1 unspecified atom stereocenters. The Labute approximate surface area is 85.1 Å². The van der Waals surface area contributed by atoms with Crippen LogP contribution in [-0.2, 0) is 12.8 Å². The van der Waals surface area contributed by atoms with E-state index in [4.69, 9.17) is 0 Å². The third-order valence-corrected chi connectivity index (χ3v) is 3.20. The minimum Gasteiger partial charge on any atom is -0.385 e. The number of aryl methyl sites for hydroxylation is 1. The van der Waals surface area contributed by atoms with Crippen molar-refractivity contribution in [3.8, 4) is 0 Å². The fraction of sp³-hybridized carbons (Fsp3) is 0.385. The summed E-state index contributed by atoms with van der Waals surface area (Å²) in [6.45, 7) is 5.78. The number of hydrogen-bond donors (Lipinski definition) is 1. The Morgan fingerprint density at radius 2 is 2.00 bits per heavy atom. The maximum atomic E-state index is 10.3. The molecule has 0 aliphatic heterocycles. The molecule has 0 fully saturated rings. The maximum Gasteiger partial charge on any atom is 0.0894 e. The smallest absolute Gasteiger partial charge is 0.0894 e. The van der Waals surface area contributed by atoms with Gasteiger partial charge < -0.3 is 5.11 Å². The van der Waals surface area contributed by atoms with Crippen molar-refractivity contribution in [2.24, 2.45) is 0 Å². The predicted octanol–water partition coefficient (Wildman–Crippen LogP) is 2.48. The molecule has 1 atom stereocenters. The Balaban J connectivity index is 2.34. The molecule has 1 aliphatic rings. The van der Waals surface area contributed by atoms with Gasteiger partial charge >= 0.3 is 0 Å². The van der Waals surface area contributed by atoms with Crippen molar-refractivity contribution in [2.75, 3.05) is 0 Å². The molecule has 1 N–H and O–H groups in total. The summed E-state index contributed by atoms with van der Waals surface area (Å²) in [5.74, 6) is 0. The van der Waals surface area contributed by atoms with Crippen LogP contribution in [0.2, 0.25) is 0 Å². The van der Waals surface area contributed by atoms with Gasteiger partial charge in [-0.05, 0) is 36.5 Å². The van der Waals surface area contributed by atoms with Crippen molar-refractivity contribution in [3.63, 3.8) is 0 Å². The molecule has 1 aromatic rings. The zero-order valence-electron chi connectivity index (χ0n) is 8.59.